The molecule has 3 aromatic rings. The van der Waals surface area contributed by atoms with Crippen molar-refractivity contribution in [3.63, 3.8) is 0 Å². The number of nitrogens with zero attached hydrogens (tertiary/aromatic N) is 1. The first-order valence-electron chi connectivity index (χ1n) is 12.6. The Labute approximate surface area is 226 Å². The third kappa shape index (κ3) is 8.11. The monoisotopic (exact) mass is 540 g/mol. The van der Waals surface area contributed by atoms with Crippen LogP contribution in [0.1, 0.15) is 32.1 Å². The van der Waals surface area contributed by atoms with Crippen LogP contribution >= 0.6 is 11.6 Å². The van der Waals surface area contributed by atoms with Crippen molar-refractivity contribution in [1.29, 1.82) is 0 Å². The van der Waals surface area contributed by atoms with Crippen molar-refractivity contribution in [2.45, 2.75) is 32.1 Å². The van der Waals surface area contributed by atoms with E-state index < -0.39 is 5.82 Å². The lowest BCUT2D eigenvalue weighted by molar-refractivity contribution is -0.135. The van der Waals surface area contributed by atoms with Crippen LogP contribution in [0.2, 0.25) is 5.02 Å². The fourth-order valence-electron chi connectivity index (χ4n) is 4.03. The number of nitrogens with one attached hydrogen (secondary N) is 1. The summed E-state index contributed by atoms with van der Waals surface area (Å²) in [6, 6.07) is 18.0. The minimum absolute atomic E-state index is 0.0555. The van der Waals surface area contributed by atoms with E-state index >= 15 is 0 Å². The van der Waals surface area contributed by atoms with Crippen molar-refractivity contribution in [1.82, 2.24) is 4.90 Å². The Bertz CT molecular complexity index is 1260. The lowest BCUT2D eigenvalue weighted by atomic mass is 10.2. The summed E-state index contributed by atoms with van der Waals surface area (Å²) in [7, 11) is 0. The molecule has 0 fully saturated rings. The van der Waals surface area contributed by atoms with E-state index in [-0.39, 0.29) is 31.4 Å². The minimum Gasteiger partial charge on any atom is -0.493 e. The summed E-state index contributed by atoms with van der Waals surface area (Å²) >= 11 is 6.20. The van der Waals surface area contributed by atoms with Crippen LogP contribution in [0, 0.1) is 5.82 Å². The summed E-state index contributed by atoms with van der Waals surface area (Å²) < 4.78 is 31.0. The van der Waals surface area contributed by atoms with Crippen molar-refractivity contribution < 1.29 is 28.2 Å². The molecule has 1 N–H and O–H groups in total. The van der Waals surface area contributed by atoms with Gasteiger partial charge in [-0.25, -0.2) is 4.39 Å². The Morgan fingerprint density at radius 3 is 2.63 bits per heavy atom. The second kappa shape index (κ2) is 13.7. The number of fused-ring (bicyclic) bond motifs is 2. The number of benzene rings is 3. The Hall–Kier alpha value is -3.78. The maximum atomic E-state index is 13.4. The molecule has 0 aliphatic carbocycles. The predicted molar refractivity (Wildman–Crippen MR) is 144 cm³/mol. The molecular weight excluding hydrogens is 511 g/mol. The summed E-state index contributed by atoms with van der Waals surface area (Å²) in [6.45, 7) is 0.896. The molecule has 0 radical (unpaired) electrons. The number of rotatable bonds is 4. The van der Waals surface area contributed by atoms with Gasteiger partial charge in [-0.15, -0.1) is 0 Å². The first-order chi connectivity index (χ1) is 18.5. The molecule has 1 aliphatic rings. The second-order valence-electron chi connectivity index (χ2n) is 8.87. The van der Waals surface area contributed by atoms with E-state index in [1.807, 2.05) is 18.2 Å². The van der Waals surface area contributed by atoms with E-state index in [2.05, 4.69) is 5.32 Å². The van der Waals surface area contributed by atoms with E-state index in [9.17, 15) is 14.0 Å². The Morgan fingerprint density at radius 1 is 0.974 bits per heavy atom. The zero-order chi connectivity index (χ0) is 26.7. The summed E-state index contributed by atoms with van der Waals surface area (Å²) in [4.78, 5) is 27.6. The lowest BCUT2D eigenvalue weighted by Gasteiger charge is -2.23. The second-order valence-corrected chi connectivity index (χ2v) is 9.31. The number of carbonyl (C=O) groups is 2. The van der Waals surface area contributed by atoms with Gasteiger partial charge in [0.15, 0.2) is 17.2 Å². The molecule has 1 aliphatic heterocycles. The number of ether oxygens (including phenoxy) is 3. The van der Waals surface area contributed by atoms with Gasteiger partial charge >= 0.3 is 0 Å². The Balaban J connectivity index is 1.47. The molecule has 0 spiro atoms. The first kappa shape index (κ1) is 27.3. The van der Waals surface area contributed by atoms with Crippen molar-refractivity contribution in [2.75, 3.05) is 31.6 Å². The number of hydrogen-bond donors (Lipinski definition) is 1. The molecule has 0 saturated heterocycles. The highest BCUT2D eigenvalue weighted by atomic mass is 35.5. The van der Waals surface area contributed by atoms with E-state index in [0.29, 0.717) is 46.9 Å². The van der Waals surface area contributed by atoms with Gasteiger partial charge in [-0.05, 0) is 55.3 Å². The van der Waals surface area contributed by atoms with Crippen LogP contribution in [0.25, 0.3) is 0 Å². The van der Waals surface area contributed by atoms with Crippen LogP contribution in [0.3, 0.4) is 0 Å². The van der Waals surface area contributed by atoms with Gasteiger partial charge in [0.05, 0.1) is 31.9 Å². The SMILES string of the molecule is O=C1CN(C(=O)CCOc2cccc(F)c2)CCCCCCOc2ccccc2Oc2ccc(Cl)cc2N1. The highest BCUT2D eigenvalue weighted by molar-refractivity contribution is 6.31. The zero-order valence-electron chi connectivity index (χ0n) is 21.0. The maximum absolute atomic E-state index is 13.4. The van der Waals surface area contributed by atoms with E-state index in [4.69, 9.17) is 25.8 Å². The first-order valence-corrected chi connectivity index (χ1v) is 13.0. The maximum Gasteiger partial charge on any atom is 0.244 e. The average molecular weight is 541 g/mol. The summed E-state index contributed by atoms with van der Waals surface area (Å²) in [6.07, 6.45) is 3.44. The molecule has 0 unspecified atom stereocenters. The third-order valence-corrected chi connectivity index (χ3v) is 6.17. The Kier molecular flexibility index (Phi) is 9.81. The molecule has 38 heavy (non-hydrogen) atoms. The normalized spacial score (nSPS) is 14.8. The molecule has 200 valence electrons. The minimum atomic E-state index is -0.412. The molecule has 9 heteroatoms. The van der Waals surface area contributed by atoms with Crippen molar-refractivity contribution in [3.05, 3.63) is 77.6 Å². The summed E-state index contributed by atoms with van der Waals surface area (Å²) in [5.74, 6) is 0.861. The fourth-order valence-corrected chi connectivity index (χ4v) is 4.20. The largest absolute Gasteiger partial charge is 0.493 e. The van der Waals surface area contributed by atoms with Crippen molar-refractivity contribution in [2.24, 2.45) is 0 Å². The summed E-state index contributed by atoms with van der Waals surface area (Å²) in [5, 5.41) is 3.26. The van der Waals surface area contributed by atoms with Gasteiger partial charge in [0.2, 0.25) is 11.8 Å². The van der Waals surface area contributed by atoms with Gasteiger partial charge < -0.3 is 24.4 Å². The molecule has 1 heterocycles. The fraction of sp³-hybridized carbons (Fsp3) is 0.310. The van der Waals surface area contributed by atoms with E-state index in [1.165, 1.54) is 17.0 Å². The third-order valence-electron chi connectivity index (χ3n) is 5.93. The quantitative estimate of drug-likeness (QED) is 0.411. The van der Waals surface area contributed by atoms with Gasteiger partial charge in [0.1, 0.15) is 11.6 Å². The van der Waals surface area contributed by atoms with Gasteiger partial charge in [0, 0.05) is 17.6 Å². The Morgan fingerprint density at radius 2 is 1.79 bits per heavy atom. The number of carbonyl (C=O) groups excluding carboxylic acids is 2. The topological polar surface area (TPSA) is 77.1 Å². The molecule has 3 aromatic carbocycles. The number of anilines is 1. The molecule has 4 rings (SSSR count). The van der Waals surface area contributed by atoms with Crippen LogP contribution in [0.15, 0.2) is 66.7 Å². The number of halogens is 2. The van der Waals surface area contributed by atoms with Crippen molar-refractivity contribution in [3.8, 4) is 23.0 Å². The van der Waals surface area contributed by atoms with Crippen molar-refractivity contribution >= 4 is 29.1 Å². The zero-order valence-corrected chi connectivity index (χ0v) is 21.7. The average Bonchev–Trinajstić information content (AvgIpc) is 2.89. The lowest BCUT2D eigenvalue weighted by Crippen LogP contribution is -2.39. The van der Waals surface area contributed by atoms with Gasteiger partial charge in [0.25, 0.3) is 0 Å². The van der Waals surface area contributed by atoms with Crippen LogP contribution in [0.5, 0.6) is 23.0 Å². The van der Waals surface area contributed by atoms with E-state index in [1.54, 1.807) is 36.4 Å². The number of para-hydroxylation sites is 2. The molecular formula is C29H30ClFN2O5. The van der Waals surface area contributed by atoms with E-state index in [0.717, 1.165) is 25.7 Å². The molecule has 0 saturated carbocycles. The van der Waals surface area contributed by atoms with Crippen LogP contribution in [0.4, 0.5) is 10.1 Å². The standard InChI is InChI=1S/C29H30ClFN2O5/c30-21-12-13-25-24(18-21)32-28(34)20-33(29(35)14-17-36-23-9-7-8-22(31)19-23)15-5-1-2-6-16-37-26-10-3-4-11-27(26)38-25/h3-4,7-13,18-19H,1-2,5-6,14-17,20H2,(H,32,34). The molecule has 2 amide bonds. The van der Waals surface area contributed by atoms with Crippen LogP contribution in [-0.2, 0) is 9.59 Å². The van der Waals surface area contributed by atoms with Crippen LogP contribution in [-0.4, -0.2) is 43.0 Å². The van der Waals surface area contributed by atoms with Crippen LogP contribution < -0.4 is 19.5 Å². The predicted octanol–water partition coefficient (Wildman–Crippen LogP) is 6.46. The number of hydrogen-bond acceptors (Lipinski definition) is 5. The molecule has 7 nitrogen and oxygen atoms in total. The van der Waals surface area contributed by atoms with Gasteiger partial charge in [-0.2, -0.15) is 0 Å². The smallest absolute Gasteiger partial charge is 0.244 e. The highest BCUT2D eigenvalue weighted by Crippen LogP contribution is 2.36. The molecule has 0 atom stereocenters. The van der Waals surface area contributed by atoms with Gasteiger partial charge in [-0.1, -0.05) is 42.6 Å². The number of amides is 2. The van der Waals surface area contributed by atoms with Gasteiger partial charge in [-0.3, -0.25) is 9.59 Å². The summed E-state index contributed by atoms with van der Waals surface area (Å²) in [5.41, 5.74) is 0.381. The molecule has 0 bridgehead atoms. The highest BCUT2D eigenvalue weighted by Gasteiger charge is 2.19. The molecule has 0 aromatic heterocycles.